The summed E-state index contributed by atoms with van der Waals surface area (Å²) in [5.74, 6) is 1.66. The highest BCUT2D eigenvalue weighted by molar-refractivity contribution is 5.97. The first-order valence-corrected chi connectivity index (χ1v) is 6.56. The van der Waals surface area contributed by atoms with Gasteiger partial charge >= 0.3 is 0 Å². The summed E-state index contributed by atoms with van der Waals surface area (Å²) in [6.45, 7) is 4.07. The minimum absolute atomic E-state index is 0.0829. The molecule has 1 fully saturated rings. The molecule has 3 rings (SSSR count). The van der Waals surface area contributed by atoms with Crippen LogP contribution in [-0.4, -0.2) is 22.0 Å². The van der Waals surface area contributed by atoms with E-state index in [2.05, 4.69) is 21.4 Å². The third-order valence-electron chi connectivity index (χ3n) is 3.53. The van der Waals surface area contributed by atoms with Gasteiger partial charge < -0.3 is 9.88 Å². The van der Waals surface area contributed by atoms with E-state index in [1.54, 1.807) is 6.08 Å². The van der Waals surface area contributed by atoms with Crippen LogP contribution in [0.2, 0.25) is 0 Å². The van der Waals surface area contributed by atoms with Gasteiger partial charge in [-0.05, 0) is 31.0 Å². The second-order valence-electron chi connectivity index (χ2n) is 5.01. The molecule has 4 heteroatoms. The number of carbonyl (C=O) groups is 1. The minimum atomic E-state index is -0.0829. The highest BCUT2D eigenvalue weighted by atomic mass is 16.1. The monoisotopic (exact) mass is 255 g/mol. The van der Waals surface area contributed by atoms with Crippen molar-refractivity contribution >= 4 is 16.9 Å². The Morgan fingerprint density at radius 2 is 2.37 bits per heavy atom. The fourth-order valence-electron chi connectivity index (χ4n) is 2.33. The van der Waals surface area contributed by atoms with E-state index in [0.717, 1.165) is 16.9 Å². The van der Waals surface area contributed by atoms with Crippen LogP contribution in [0.25, 0.3) is 11.0 Å². The van der Waals surface area contributed by atoms with Gasteiger partial charge in [0, 0.05) is 25.1 Å². The lowest BCUT2D eigenvalue weighted by molar-refractivity contribution is 0.0958. The summed E-state index contributed by atoms with van der Waals surface area (Å²) in [5, 5.41) is 2.78. The molecule has 1 heterocycles. The van der Waals surface area contributed by atoms with Crippen LogP contribution in [0.4, 0.5) is 0 Å². The number of hydrogen-bond donors (Lipinski definition) is 1. The molecule has 0 bridgehead atoms. The van der Waals surface area contributed by atoms with E-state index < -0.39 is 0 Å². The molecule has 0 radical (unpaired) electrons. The quantitative estimate of drug-likeness (QED) is 0.853. The standard InChI is InChI=1S/C15H17N3O/c1-3-8-16-15(19)11-6-7-13-12(9-11)17-14(18(13)2)10-4-5-10/h3,6-7,9-10H,1,4-5,8H2,2H3,(H,16,19). The Hall–Kier alpha value is -2.10. The summed E-state index contributed by atoms with van der Waals surface area (Å²) < 4.78 is 2.14. The number of amides is 1. The number of imidazole rings is 1. The Kier molecular flexibility index (Phi) is 2.85. The Morgan fingerprint density at radius 3 is 3.05 bits per heavy atom. The van der Waals surface area contributed by atoms with E-state index >= 15 is 0 Å². The first-order valence-electron chi connectivity index (χ1n) is 6.56. The molecular formula is C15H17N3O. The number of carbonyl (C=O) groups excluding carboxylic acids is 1. The van der Waals surface area contributed by atoms with E-state index in [9.17, 15) is 4.79 Å². The highest BCUT2D eigenvalue weighted by Crippen LogP contribution is 2.40. The summed E-state index contributed by atoms with van der Waals surface area (Å²) in [4.78, 5) is 16.6. The van der Waals surface area contributed by atoms with Crippen LogP contribution < -0.4 is 5.32 Å². The van der Waals surface area contributed by atoms with E-state index in [0.29, 0.717) is 18.0 Å². The number of hydrogen-bond acceptors (Lipinski definition) is 2. The fourth-order valence-corrected chi connectivity index (χ4v) is 2.33. The number of aryl methyl sites for hydroxylation is 1. The number of rotatable bonds is 4. The predicted molar refractivity (Wildman–Crippen MR) is 75.2 cm³/mol. The molecule has 0 unspecified atom stereocenters. The van der Waals surface area contributed by atoms with E-state index in [1.165, 1.54) is 12.8 Å². The SMILES string of the molecule is C=CCNC(=O)c1ccc2c(c1)nc(C1CC1)n2C. The zero-order chi connectivity index (χ0) is 13.4. The number of benzene rings is 1. The molecule has 0 spiro atoms. The lowest BCUT2D eigenvalue weighted by atomic mass is 10.2. The van der Waals surface area contributed by atoms with E-state index in [1.807, 2.05) is 25.2 Å². The molecule has 19 heavy (non-hydrogen) atoms. The zero-order valence-electron chi connectivity index (χ0n) is 11.0. The Bertz CT molecular complexity index is 653. The molecule has 2 aromatic rings. The Morgan fingerprint density at radius 1 is 1.58 bits per heavy atom. The first-order chi connectivity index (χ1) is 9.20. The molecule has 1 amide bonds. The number of nitrogens with zero attached hydrogens (tertiary/aromatic N) is 2. The zero-order valence-corrected chi connectivity index (χ0v) is 11.0. The fraction of sp³-hybridized carbons (Fsp3) is 0.333. The van der Waals surface area contributed by atoms with Crippen molar-refractivity contribution in [3.63, 3.8) is 0 Å². The maximum absolute atomic E-state index is 11.9. The number of nitrogens with one attached hydrogen (secondary N) is 1. The van der Waals surface area contributed by atoms with Gasteiger partial charge in [0.05, 0.1) is 11.0 Å². The lowest BCUT2D eigenvalue weighted by Gasteiger charge is -2.02. The molecule has 1 saturated carbocycles. The molecule has 0 saturated heterocycles. The average Bonchev–Trinajstić information content (AvgIpc) is 3.21. The van der Waals surface area contributed by atoms with Crippen LogP contribution in [0.15, 0.2) is 30.9 Å². The largest absolute Gasteiger partial charge is 0.349 e. The van der Waals surface area contributed by atoms with Crippen molar-refractivity contribution in [3.05, 3.63) is 42.2 Å². The smallest absolute Gasteiger partial charge is 0.251 e. The topological polar surface area (TPSA) is 46.9 Å². The van der Waals surface area contributed by atoms with Gasteiger partial charge in [0.25, 0.3) is 5.91 Å². The van der Waals surface area contributed by atoms with Crippen molar-refractivity contribution < 1.29 is 4.79 Å². The minimum Gasteiger partial charge on any atom is -0.349 e. The summed E-state index contributed by atoms with van der Waals surface area (Å²) >= 11 is 0. The third kappa shape index (κ3) is 2.14. The average molecular weight is 255 g/mol. The molecule has 1 aromatic heterocycles. The normalized spacial score (nSPS) is 14.6. The van der Waals surface area contributed by atoms with E-state index in [-0.39, 0.29) is 5.91 Å². The Labute approximate surface area is 112 Å². The van der Waals surface area contributed by atoms with Crippen LogP contribution in [0, 0.1) is 0 Å². The van der Waals surface area contributed by atoms with Crippen molar-refractivity contribution in [2.45, 2.75) is 18.8 Å². The van der Waals surface area contributed by atoms with Gasteiger partial charge in [0.2, 0.25) is 0 Å². The summed E-state index contributed by atoms with van der Waals surface area (Å²) in [7, 11) is 2.04. The highest BCUT2D eigenvalue weighted by Gasteiger charge is 2.28. The van der Waals surface area contributed by atoms with Gasteiger partial charge in [0.1, 0.15) is 5.82 Å². The molecule has 0 aliphatic heterocycles. The van der Waals surface area contributed by atoms with Gasteiger partial charge in [-0.15, -0.1) is 6.58 Å². The maximum Gasteiger partial charge on any atom is 0.251 e. The molecule has 1 aromatic carbocycles. The molecule has 4 nitrogen and oxygen atoms in total. The lowest BCUT2D eigenvalue weighted by Crippen LogP contribution is -2.23. The van der Waals surface area contributed by atoms with Gasteiger partial charge in [0.15, 0.2) is 0 Å². The number of fused-ring (bicyclic) bond motifs is 1. The van der Waals surface area contributed by atoms with Crippen LogP contribution in [0.1, 0.15) is 34.9 Å². The molecule has 98 valence electrons. The van der Waals surface area contributed by atoms with Crippen molar-refractivity contribution in [1.29, 1.82) is 0 Å². The first kappa shape index (κ1) is 12.0. The molecule has 0 atom stereocenters. The maximum atomic E-state index is 11.9. The van der Waals surface area contributed by atoms with Crippen LogP contribution in [0.3, 0.4) is 0 Å². The summed E-state index contributed by atoms with van der Waals surface area (Å²) in [5.41, 5.74) is 2.63. The van der Waals surface area contributed by atoms with Crippen LogP contribution in [0.5, 0.6) is 0 Å². The summed E-state index contributed by atoms with van der Waals surface area (Å²) in [6, 6.07) is 5.68. The summed E-state index contributed by atoms with van der Waals surface area (Å²) in [6.07, 6.45) is 4.12. The van der Waals surface area contributed by atoms with Crippen molar-refractivity contribution in [3.8, 4) is 0 Å². The second-order valence-corrected chi connectivity index (χ2v) is 5.01. The van der Waals surface area contributed by atoms with Gasteiger partial charge in [-0.25, -0.2) is 4.98 Å². The van der Waals surface area contributed by atoms with Crippen LogP contribution in [-0.2, 0) is 7.05 Å². The number of aromatic nitrogens is 2. The molecule has 1 aliphatic carbocycles. The van der Waals surface area contributed by atoms with Crippen molar-refractivity contribution in [2.24, 2.45) is 7.05 Å². The van der Waals surface area contributed by atoms with Gasteiger partial charge in [-0.1, -0.05) is 6.08 Å². The van der Waals surface area contributed by atoms with Gasteiger partial charge in [-0.3, -0.25) is 4.79 Å². The van der Waals surface area contributed by atoms with Gasteiger partial charge in [-0.2, -0.15) is 0 Å². The molecule has 1 aliphatic rings. The Balaban J connectivity index is 1.96. The second kappa shape index (κ2) is 4.53. The predicted octanol–water partition coefficient (Wildman–Crippen LogP) is 2.37. The van der Waals surface area contributed by atoms with Crippen molar-refractivity contribution in [2.75, 3.05) is 6.54 Å². The van der Waals surface area contributed by atoms with Crippen LogP contribution >= 0.6 is 0 Å². The van der Waals surface area contributed by atoms with Crippen molar-refractivity contribution in [1.82, 2.24) is 14.9 Å². The molecular weight excluding hydrogens is 238 g/mol. The van der Waals surface area contributed by atoms with E-state index in [4.69, 9.17) is 0 Å². The molecule has 1 N–H and O–H groups in total. The third-order valence-corrected chi connectivity index (χ3v) is 3.53.